The summed E-state index contributed by atoms with van der Waals surface area (Å²) in [5, 5.41) is 7.56. The Morgan fingerprint density at radius 1 is 1.19 bits per heavy atom. The average Bonchev–Trinajstić information content (AvgIpc) is 3.52. The third-order valence-corrected chi connectivity index (χ3v) is 5.70. The van der Waals surface area contributed by atoms with Crippen LogP contribution in [0.2, 0.25) is 0 Å². The fraction of sp³-hybridized carbons (Fsp3) is 0.333. The number of nitrogens with zero attached hydrogens (tertiary/aromatic N) is 5. The molecule has 32 heavy (non-hydrogen) atoms. The van der Waals surface area contributed by atoms with E-state index in [0.717, 1.165) is 55.8 Å². The summed E-state index contributed by atoms with van der Waals surface area (Å²) in [7, 11) is 0. The van der Waals surface area contributed by atoms with Crippen molar-refractivity contribution in [2.75, 3.05) is 13.2 Å². The minimum Gasteiger partial charge on any atom is -0.372 e. The number of imidazole rings is 1. The Morgan fingerprint density at radius 3 is 2.88 bits per heavy atom. The number of ether oxygens (including phenoxy) is 1. The number of amides is 1. The molecule has 1 atom stereocenters. The van der Waals surface area contributed by atoms with Gasteiger partial charge < -0.3 is 14.6 Å². The van der Waals surface area contributed by atoms with Gasteiger partial charge >= 0.3 is 0 Å². The number of hydrogen-bond donors (Lipinski definition) is 1. The number of aryl methyl sites for hydroxylation is 1. The number of carbonyl (C=O) groups is 1. The third-order valence-electron chi connectivity index (χ3n) is 5.70. The van der Waals surface area contributed by atoms with E-state index in [1.807, 2.05) is 47.2 Å². The second kappa shape index (κ2) is 9.32. The first-order valence-electron chi connectivity index (χ1n) is 11.1. The molecule has 1 aliphatic rings. The number of rotatable bonds is 7. The van der Waals surface area contributed by atoms with Gasteiger partial charge in [-0.3, -0.25) is 4.79 Å². The number of aromatic nitrogens is 5. The van der Waals surface area contributed by atoms with Crippen molar-refractivity contribution in [2.45, 2.75) is 38.3 Å². The van der Waals surface area contributed by atoms with Crippen LogP contribution in [0.15, 0.2) is 61.2 Å². The van der Waals surface area contributed by atoms with E-state index >= 15 is 0 Å². The fourth-order valence-electron chi connectivity index (χ4n) is 4.04. The number of nitrogens with one attached hydrogen (secondary N) is 1. The standard InChI is InChI=1S/C24H26N6O2/c31-24(26-10-6-12-29-13-11-25-17-29)20-16-23-27-19(18-7-2-1-3-8-18)15-21(30(23)28-20)22-9-4-5-14-32-22/h1-3,7-8,11,13,15-17,22H,4-6,9-10,12,14H2,(H,26,31). The summed E-state index contributed by atoms with van der Waals surface area (Å²) in [5.41, 5.74) is 3.84. The highest BCUT2D eigenvalue weighted by molar-refractivity contribution is 5.93. The van der Waals surface area contributed by atoms with E-state index in [2.05, 4.69) is 15.4 Å². The topological polar surface area (TPSA) is 86.3 Å². The summed E-state index contributed by atoms with van der Waals surface area (Å²) in [6.07, 6.45) is 9.31. The van der Waals surface area contributed by atoms with E-state index in [4.69, 9.17) is 9.72 Å². The lowest BCUT2D eigenvalue weighted by Gasteiger charge is -2.23. The molecule has 0 bridgehead atoms. The van der Waals surface area contributed by atoms with Crippen LogP contribution in [0.5, 0.6) is 0 Å². The number of fused-ring (bicyclic) bond motifs is 1. The highest BCUT2D eigenvalue weighted by atomic mass is 16.5. The molecule has 1 N–H and O–H groups in total. The first-order chi connectivity index (χ1) is 15.8. The summed E-state index contributed by atoms with van der Waals surface area (Å²) in [6.45, 7) is 2.10. The van der Waals surface area contributed by atoms with Crippen LogP contribution >= 0.6 is 0 Å². The molecule has 1 saturated heterocycles. The summed E-state index contributed by atoms with van der Waals surface area (Å²) in [4.78, 5) is 21.6. The Bertz CT molecular complexity index is 1180. The van der Waals surface area contributed by atoms with E-state index in [-0.39, 0.29) is 12.0 Å². The van der Waals surface area contributed by atoms with Gasteiger partial charge in [-0.1, -0.05) is 30.3 Å². The molecular formula is C24H26N6O2. The minimum absolute atomic E-state index is 0.0531. The van der Waals surface area contributed by atoms with E-state index in [9.17, 15) is 4.79 Å². The molecule has 3 aromatic heterocycles. The Kier molecular flexibility index (Phi) is 5.93. The van der Waals surface area contributed by atoms with Crippen LogP contribution in [0.4, 0.5) is 0 Å². The molecule has 1 fully saturated rings. The SMILES string of the molecule is O=C(NCCCn1ccnc1)c1cc2nc(-c3ccccc3)cc(C3CCCCO3)n2n1. The zero-order valence-electron chi connectivity index (χ0n) is 17.9. The Balaban J connectivity index is 1.40. The molecule has 0 radical (unpaired) electrons. The molecule has 0 aliphatic carbocycles. The van der Waals surface area contributed by atoms with E-state index in [1.165, 1.54) is 0 Å². The van der Waals surface area contributed by atoms with Gasteiger partial charge in [0.25, 0.3) is 5.91 Å². The number of benzene rings is 1. The number of hydrogen-bond acceptors (Lipinski definition) is 5. The molecule has 8 nitrogen and oxygen atoms in total. The molecule has 5 rings (SSSR count). The first kappa shape index (κ1) is 20.4. The van der Waals surface area contributed by atoms with Crippen molar-refractivity contribution in [3.05, 3.63) is 72.6 Å². The number of carbonyl (C=O) groups excluding carboxylic acids is 1. The van der Waals surface area contributed by atoms with Gasteiger partial charge in [0.2, 0.25) is 0 Å². The van der Waals surface area contributed by atoms with E-state index in [0.29, 0.717) is 17.9 Å². The molecular weight excluding hydrogens is 404 g/mol. The summed E-state index contributed by atoms with van der Waals surface area (Å²) >= 11 is 0. The average molecular weight is 431 g/mol. The minimum atomic E-state index is -0.196. The lowest BCUT2D eigenvalue weighted by Crippen LogP contribution is -2.25. The van der Waals surface area contributed by atoms with Gasteiger partial charge in [0, 0.05) is 43.7 Å². The molecule has 4 heterocycles. The van der Waals surface area contributed by atoms with Crippen LogP contribution in [-0.2, 0) is 11.3 Å². The summed E-state index contributed by atoms with van der Waals surface area (Å²) < 4.78 is 9.81. The van der Waals surface area contributed by atoms with Gasteiger partial charge in [-0.15, -0.1) is 0 Å². The monoisotopic (exact) mass is 430 g/mol. The predicted molar refractivity (Wildman–Crippen MR) is 120 cm³/mol. The zero-order valence-corrected chi connectivity index (χ0v) is 17.9. The van der Waals surface area contributed by atoms with E-state index < -0.39 is 0 Å². The van der Waals surface area contributed by atoms with Crippen molar-refractivity contribution >= 4 is 11.6 Å². The Hall–Kier alpha value is -3.52. The Labute approximate surface area is 186 Å². The molecule has 8 heteroatoms. The maximum atomic E-state index is 12.8. The van der Waals surface area contributed by atoms with E-state index in [1.54, 1.807) is 23.1 Å². The summed E-state index contributed by atoms with van der Waals surface area (Å²) in [6, 6.07) is 13.8. The molecule has 1 aliphatic heterocycles. The van der Waals surface area contributed by atoms with Crippen molar-refractivity contribution in [1.82, 2.24) is 29.5 Å². The van der Waals surface area contributed by atoms with Crippen molar-refractivity contribution < 1.29 is 9.53 Å². The fourth-order valence-corrected chi connectivity index (χ4v) is 4.04. The largest absolute Gasteiger partial charge is 0.372 e. The second-order valence-corrected chi connectivity index (χ2v) is 8.00. The molecule has 0 spiro atoms. The summed E-state index contributed by atoms with van der Waals surface area (Å²) in [5.74, 6) is -0.196. The van der Waals surface area contributed by atoms with Crippen LogP contribution in [0.1, 0.15) is 48.0 Å². The molecule has 164 valence electrons. The lowest BCUT2D eigenvalue weighted by molar-refractivity contribution is 0.0110. The van der Waals surface area contributed by atoms with Gasteiger partial charge in [-0.2, -0.15) is 5.10 Å². The van der Waals surface area contributed by atoms with Gasteiger partial charge in [0.15, 0.2) is 11.3 Å². The van der Waals surface area contributed by atoms with Crippen molar-refractivity contribution in [1.29, 1.82) is 0 Å². The van der Waals surface area contributed by atoms with Crippen molar-refractivity contribution in [3.8, 4) is 11.3 Å². The van der Waals surface area contributed by atoms with Crippen LogP contribution in [0.3, 0.4) is 0 Å². The van der Waals surface area contributed by atoms with Crippen molar-refractivity contribution in [2.24, 2.45) is 0 Å². The normalized spacial score (nSPS) is 16.3. The maximum absolute atomic E-state index is 12.8. The van der Waals surface area contributed by atoms with Crippen LogP contribution in [-0.4, -0.2) is 43.2 Å². The smallest absolute Gasteiger partial charge is 0.271 e. The van der Waals surface area contributed by atoms with Gasteiger partial charge in [0.1, 0.15) is 0 Å². The highest BCUT2D eigenvalue weighted by Gasteiger charge is 2.23. The molecule has 1 amide bonds. The first-order valence-corrected chi connectivity index (χ1v) is 11.1. The van der Waals surface area contributed by atoms with Gasteiger partial charge in [0.05, 0.1) is 23.8 Å². The zero-order chi connectivity index (χ0) is 21.8. The molecule has 1 aromatic carbocycles. The van der Waals surface area contributed by atoms with Crippen molar-refractivity contribution in [3.63, 3.8) is 0 Å². The molecule has 1 unspecified atom stereocenters. The quantitative estimate of drug-likeness (QED) is 0.452. The molecule has 0 saturated carbocycles. The third kappa shape index (κ3) is 4.40. The highest BCUT2D eigenvalue weighted by Crippen LogP contribution is 2.30. The Morgan fingerprint density at radius 2 is 2.09 bits per heavy atom. The lowest BCUT2D eigenvalue weighted by atomic mass is 10.0. The second-order valence-electron chi connectivity index (χ2n) is 8.00. The van der Waals surface area contributed by atoms with Crippen LogP contribution in [0.25, 0.3) is 16.9 Å². The van der Waals surface area contributed by atoms with Gasteiger partial charge in [-0.25, -0.2) is 14.5 Å². The van der Waals surface area contributed by atoms with Crippen LogP contribution < -0.4 is 5.32 Å². The van der Waals surface area contributed by atoms with Gasteiger partial charge in [-0.05, 0) is 31.7 Å². The molecule has 4 aromatic rings. The van der Waals surface area contributed by atoms with Crippen LogP contribution in [0, 0.1) is 0 Å². The maximum Gasteiger partial charge on any atom is 0.271 e. The predicted octanol–water partition coefficient (Wildman–Crippen LogP) is 3.65.